The van der Waals surface area contributed by atoms with Crippen molar-refractivity contribution in [1.29, 1.82) is 0 Å². The van der Waals surface area contributed by atoms with Crippen molar-refractivity contribution in [3.05, 3.63) is 28.2 Å². The van der Waals surface area contributed by atoms with Crippen LogP contribution in [0.5, 0.6) is 0 Å². The maximum Gasteiger partial charge on any atom is 0.0637 e. The van der Waals surface area contributed by atoms with Crippen LogP contribution in [0.25, 0.3) is 0 Å². The molecule has 1 saturated carbocycles. The van der Waals surface area contributed by atoms with Gasteiger partial charge in [-0.25, -0.2) is 0 Å². The molecule has 0 radical (unpaired) electrons. The van der Waals surface area contributed by atoms with Crippen molar-refractivity contribution >= 4 is 21.6 Å². The summed E-state index contributed by atoms with van der Waals surface area (Å²) in [4.78, 5) is 2.34. The number of anilines is 1. The molecule has 0 amide bonds. The first-order chi connectivity index (χ1) is 10.2. The van der Waals surface area contributed by atoms with Gasteiger partial charge in [0.2, 0.25) is 0 Å². The summed E-state index contributed by atoms with van der Waals surface area (Å²) in [6.45, 7) is 4.09. The molecule has 1 aliphatic carbocycles. The number of rotatable bonds is 10. The van der Waals surface area contributed by atoms with Crippen LogP contribution in [0.1, 0.15) is 18.4 Å². The molecule has 118 valence electrons. The van der Waals surface area contributed by atoms with Crippen LogP contribution in [0.2, 0.25) is 0 Å². The fraction of sp³-hybridized carbons (Fsp3) is 0.625. The van der Waals surface area contributed by atoms with Gasteiger partial charge >= 0.3 is 0 Å². The number of benzene rings is 1. The number of nitrogens with zero attached hydrogens (tertiary/aromatic N) is 1. The van der Waals surface area contributed by atoms with Gasteiger partial charge in [-0.3, -0.25) is 0 Å². The molecule has 1 fully saturated rings. The van der Waals surface area contributed by atoms with E-state index in [2.05, 4.69) is 44.3 Å². The van der Waals surface area contributed by atoms with E-state index < -0.39 is 0 Å². The highest BCUT2D eigenvalue weighted by Gasteiger charge is 2.21. The number of ether oxygens (including phenoxy) is 2. The first-order valence-corrected chi connectivity index (χ1v) is 8.28. The molecule has 1 aromatic carbocycles. The maximum atomic E-state index is 5.24. The number of nitrogens with one attached hydrogen (secondary N) is 1. The molecule has 21 heavy (non-hydrogen) atoms. The van der Waals surface area contributed by atoms with E-state index in [9.17, 15) is 0 Å². The zero-order valence-corrected chi connectivity index (χ0v) is 14.5. The minimum atomic E-state index is 0.711. The second-order valence-electron chi connectivity index (χ2n) is 5.40. The maximum absolute atomic E-state index is 5.24. The Morgan fingerprint density at radius 2 is 1.86 bits per heavy atom. The van der Waals surface area contributed by atoms with Crippen LogP contribution in [-0.2, 0) is 16.0 Å². The predicted molar refractivity (Wildman–Crippen MR) is 90.0 cm³/mol. The second kappa shape index (κ2) is 8.73. The van der Waals surface area contributed by atoms with E-state index in [0.717, 1.165) is 37.3 Å². The molecule has 0 aromatic heterocycles. The fourth-order valence-corrected chi connectivity index (χ4v) is 2.71. The third-order valence-electron chi connectivity index (χ3n) is 3.67. The van der Waals surface area contributed by atoms with Gasteiger partial charge in [0.15, 0.2) is 0 Å². The minimum absolute atomic E-state index is 0.711. The van der Waals surface area contributed by atoms with Crippen molar-refractivity contribution in [2.24, 2.45) is 0 Å². The van der Waals surface area contributed by atoms with Crippen molar-refractivity contribution in [1.82, 2.24) is 5.32 Å². The number of methoxy groups -OCH3 is 2. The molecule has 2 rings (SSSR count). The lowest BCUT2D eigenvalue weighted by molar-refractivity contribution is 0.190. The van der Waals surface area contributed by atoms with Crippen LogP contribution in [0, 0.1) is 0 Å². The van der Waals surface area contributed by atoms with Gasteiger partial charge < -0.3 is 19.7 Å². The third kappa shape index (κ3) is 5.58. The monoisotopic (exact) mass is 356 g/mol. The molecular formula is C16H25BrN2O2. The zero-order chi connectivity index (χ0) is 15.1. The Morgan fingerprint density at radius 1 is 1.19 bits per heavy atom. The molecule has 0 bridgehead atoms. The predicted octanol–water partition coefficient (Wildman–Crippen LogP) is 2.80. The molecular weight excluding hydrogens is 332 g/mol. The van der Waals surface area contributed by atoms with Crippen LogP contribution in [0.15, 0.2) is 22.7 Å². The van der Waals surface area contributed by atoms with E-state index >= 15 is 0 Å². The van der Waals surface area contributed by atoms with E-state index in [1.165, 1.54) is 24.1 Å². The molecule has 0 unspecified atom stereocenters. The summed E-state index contributed by atoms with van der Waals surface area (Å²) in [5.41, 5.74) is 2.59. The van der Waals surface area contributed by atoms with Crippen LogP contribution in [-0.4, -0.2) is 46.6 Å². The van der Waals surface area contributed by atoms with Gasteiger partial charge in [-0.05, 0) is 36.6 Å². The molecule has 1 aliphatic rings. The van der Waals surface area contributed by atoms with Gasteiger partial charge in [-0.2, -0.15) is 0 Å². The smallest absolute Gasteiger partial charge is 0.0637 e. The Labute approximate surface area is 135 Å². The van der Waals surface area contributed by atoms with E-state index in [0.29, 0.717) is 6.04 Å². The molecule has 4 nitrogen and oxygen atoms in total. The molecule has 0 atom stereocenters. The van der Waals surface area contributed by atoms with E-state index in [4.69, 9.17) is 9.47 Å². The topological polar surface area (TPSA) is 33.7 Å². The van der Waals surface area contributed by atoms with Crippen LogP contribution < -0.4 is 10.2 Å². The van der Waals surface area contributed by atoms with Crippen LogP contribution in [0.4, 0.5) is 5.69 Å². The Hall–Kier alpha value is -0.620. The number of halogens is 1. The molecule has 0 spiro atoms. The van der Waals surface area contributed by atoms with Gasteiger partial charge in [0.1, 0.15) is 0 Å². The lowest BCUT2D eigenvalue weighted by atomic mass is 10.1. The molecule has 0 saturated heterocycles. The van der Waals surface area contributed by atoms with E-state index in [1.807, 2.05) is 0 Å². The molecule has 1 aromatic rings. The Balaban J connectivity index is 2.10. The highest BCUT2D eigenvalue weighted by atomic mass is 79.9. The first kappa shape index (κ1) is 16.7. The van der Waals surface area contributed by atoms with Crippen molar-refractivity contribution in [3.8, 4) is 0 Å². The largest absolute Gasteiger partial charge is 0.383 e. The highest BCUT2D eigenvalue weighted by molar-refractivity contribution is 9.10. The molecule has 0 heterocycles. The van der Waals surface area contributed by atoms with Crippen molar-refractivity contribution in [2.45, 2.75) is 25.4 Å². The lowest BCUT2D eigenvalue weighted by Crippen LogP contribution is -2.32. The minimum Gasteiger partial charge on any atom is -0.383 e. The first-order valence-electron chi connectivity index (χ1n) is 7.49. The summed E-state index contributed by atoms with van der Waals surface area (Å²) < 4.78 is 11.6. The quantitative estimate of drug-likeness (QED) is 0.698. The standard InChI is InChI=1S/C16H25BrN2O2/c1-20-9-7-19(8-10-21-2)16-6-3-14(17)11-13(16)12-18-15-4-5-15/h3,6,11,15,18H,4-5,7-10,12H2,1-2H3. The van der Waals surface area contributed by atoms with Gasteiger partial charge in [-0.1, -0.05) is 15.9 Å². The number of hydrogen-bond donors (Lipinski definition) is 1. The summed E-state index contributed by atoms with van der Waals surface area (Å²) in [6.07, 6.45) is 2.61. The van der Waals surface area contributed by atoms with E-state index in [1.54, 1.807) is 14.2 Å². The van der Waals surface area contributed by atoms with Crippen LogP contribution >= 0.6 is 15.9 Å². The van der Waals surface area contributed by atoms with Gasteiger partial charge in [0, 0.05) is 50.1 Å². The summed E-state index contributed by atoms with van der Waals surface area (Å²) in [7, 11) is 3.48. The van der Waals surface area contributed by atoms with Crippen molar-refractivity contribution < 1.29 is 9.47 Å². The Kier molecular flexibility index (Phi) is 6.96. The molecule has 1 N–H and O–H groups in total. The molecule has 5 heteroatoms. The average Bonchev–Trinajstić information content (AvgIpc) is 3.30. The van der Waals surface area contributed by atoms with Crippen LogP contribution in [0.3, 0.4) is 0 Å². The number of hydrogen-bond acceptors (Lipinski definition) is 4. The summed E-state index contributed by atoms with van der Waals surface area (Å²) in [5.74, 6) is 0. The summed E-state index contributed by atoms with van der Waals surface area (Å²) in [6, 6.07) is 7.20. The van der Waals surface area contributed by atoms with Gasteiger partial charge in [-0.15, -0.1) is 0 Å². The van der Waals surface area contributed by atoms with E-state index in [-0.39, 0.29) is 0 Å². The molecule has 0 aliphatic heterocycles. The highest BCUT2D eigenvalue weighted by Crippen LogP contribution is 2.26. The second-order valence-corrected chi connectivity index (χ2v) is 6.32. The van der Waals surface area contributed by atoms with Crippen molar-refractivity contribution in [3.63, 3.8) is 0 Å². The van der Waals surface area contributed by atoms with Gasteiger partial charge in [0.05, 0.1) is 13.2 Å². The van der Waals surface area contributed by atoms with Gasteiger partial charge in [0.25, 0.3) is 0 Å². The Morgan fingerprint density at radius 3 is 2.43 bits per heavy atom. The average molecular weight is 357 g/mol. The Bertz CT molecular complexity index is 430. The third-order valence-corrected chi connectivity index (χ3v) is 4.16. The SMILES string of the molecule is COCCN(CCOC)c1ccc(Br)cc1CNC1CC1. The fourth-order valence-electron chi connectivity index (χ4n) is 2.30. The summed E-state index contributed by atoms with van der Waals surface area (Å²) in [5, 5.41) is 3.60. The summed E-state index contributed by atoms with van der Waals surface area (Å²) >= 11 is 3.58. The zero-order valence-electron chi connectivity index (χ0n) is 12.9. The normalized spacial score (nSPS) is 14.4. The van der Waals surface area contributed by atoms with Crippen molar-refractivity contribution in [2.75, 3.05) is 45.4 Å². The lowest BCUT2D eigenvalue weighted by Gasteiger charge is -2.27.